The van der Waals surface area contributed by atoms with Crippen molar-refractivity contribution in [2.24, 2.45) is 16.5 Å². The number of rotatable bonds is 6. The maximum atomic E-state index is 13.4. The van der Waals surface area contributed by atoms with Crippen LogP contribution in [0.15, 0.2) is 53.0 Å². The highest BCUT2D eigenvalue weighted by atomic mass is 35.5. The fourth-order valence-corrected chi connectivity index (χ4v) is 3.38. The largest absolute Gasteiger partial charge is 0.456 e. The molecule has 0 spiro atoms. The Bertz CT molecular complexity index is 1060. The van der Waals surface area contributed by atoms with E-state index in [1.807, 2.05) is 0 Å². The third-order valence-electron chi connectivity index (χ3n) is 4.83. The first kappa shape index (κ1) is 22.1. The number of ether oxygens (including phenoxy) is 1. The van der Waals surface area contributed by atoms with Gasteiger partial charge in [-0.05, 0) is 54.8 Å². The molecule has 0 radical (unpaired) electrons. The number of nitrogens with zero attached hydrogens (tertiary/aromatic N) is 3. The molecule has 1 aliphatic rings. The van der Waals surface area contributed by atoms with Gasteiger partial charge in [-0.15, -0.1) is 0 Å². The number of hydrogen-bond donors (Lipinski definition) is 2. The Morgan fingerprint density at radius 3 is 2.71 bits per heavy atom. The fraction of sp³-hybridized carbons (Fsp3) is 0.227. The summed E-state index contributed by atoms with van der Waals surface area (Å²) >= 11 is 6.02. The van der Waals surface area contributed by atoms with Crippen molar-refractivity contribution in [1.82, 2.24) is 4.90 Å². The van der Waals surface area contributed by atoms with Crippen molar-refractivity contribution in [3.05, 3.63) is 64.4 Å². The van der Waals surface area contributed by atoms with Gasteiger partial charge in [0.15, 0.2) is 12.5 Å². The van der Waals surface area contributed by atoms with Gasteiger partial charge in [-0.1, -0.05) is 11.6 Å². The topological polar surface area (TPSA) is 118 Å². The van der Waals surface area contributed by atoms with Crippen molar-refractivity contribution in [1.29, 1.82) is 5.26 Å². The maximum absolute atomic E-state index is 13.4. The molecule has 160 valence electrons. The van der Waals surface area contributed by atoms with Crippen molar-refractivity contribution >= 4 is 29.4 Å². The minimum absolute atomic E-state index is 0.0316. The number of aliphatic imine (C=N–C) groups is 1. The van der Waals surface area contributed by atoms with Gasteiger partial charge in [0.1, 0.15) is 23.2 Å². The van der Waals surface area contributed by atoms with E-state index in [0.717, 1.165) is 12.8 Å². The van der Waals surface area contributed by atoms with E-state index in [-0.39, 0.29) is 33.9 Å². The number of piperidine rings is 1. The number of nitrogens with two attached hydrogens (primary N) is 2. The summed E-state index contributed by atoms with van der Waals surface area (Å²) in [5.74, 6) is 0.160. The van der Waals surface area contributed by atoms with Crippen LogP contribution >= 0.6 is 11.6 Å². The van der Waals surface area contributed by atoms with Gasteiger partial charge in [0.25, 0.3) is 0 Å². The summed E-state index contributed by atoms with van der Waals surface area (Å²) in [7, 11) is 0. The van der Waals surface area contributed by atoms with Crippen LogP contribution in [0.3, 0.4) is 0 Å². The number of benzene rings is 2. The monoisotopic (exact) mass is 441 g/mol. The molecule has 0 bridgehead atoms. The van der Waals surface area contributed by atoms with Crippen molar-refractivity contribution in [2.75, 3.05) is 13.1 Å². The number of amidine groups is 1. The minimum Gasteiger partial charge on any atom is -0.456 e. The zero-order valence-electron chi connectivity index (χ0n) is 16.6. The zero-order chi connectivity index (χ0) is 22.4. The van der Waals surface area contributed by atoms with E-state index in [9.17, 15) is 9.18 Å². The van der Waals surface area contributed by atoms with Gasteiger partial charge in [0.2, 0.25) is 0 Å². The normalized spacial score (nSPS) is 17.5. The Hall–Kier alpha value is -3.57. The quantitative estimate of drug-likeness (QED) is 0.233. The summed E-state index contributed by atoms with van der Waals surface area (Å²) in [6, 6.07) is 10.2. The summed E-state index contributed by atoms with van der Waals surface area (Å²) in [6.07, 6.45) is 4.27. The van der Waals surface area contributed by atoms with E-state index < -0.39 is 5.82 Å². The maximum Gasteiger partial charge on any atom is 0.179 e. The number of carbonyl (C=O) groups excluding carboxylic acids is 1. The van der Waals surface area contributed by atoms with Crippen LogP contribution < -0.4 is 16.2 Å². The Morgan fingerprint density at radius 2 is 2.03 bits per heavy atom. The van der Waals surface area contributed by atoms with Gasteiger partial charge < -0.3 is 21.1 Å². The van der Waals surface area contributed by atoms with Crippen LogP contribution in [0.1, 0.15) is 18.4 Å². The first-order valence-electron chi connectivity index (χ1n) is 9.58. The SMILES string of the molecule is N#CN1CCCC(N=C(N)C(C=O)=C(N)c2ccc(Oc3cc(F)ccc3Cl)cc2)C1. The molecule has 0 aliphatic carbocycles. The second-order valence-electron chi connectivity index (χ2n) is 7.00. The summed E-state index contributed by atoms with van der Waals surface area (Å²) in [5, 5.41) is 9.33. The molecule has 7 nitrogen and oxygen atoms in total. The summed E-state index contributed by atoms with van der Waals surface area (Å²) in [6.45, 7) is 1.15. The van der Waals surface area contributed by atoms with E-state index in [2.05, 4.69) is 11.2 Å². The molecule has 2 aromatic carbocycles. The molecule has 0 saturated carbocycles. The van der Waals surface area contributed by atoms with Crippen molar-refractivity contribution in [2.45, 2.75) is 18.9 Å². The minimum atomic E-state index is -0.468. The summed E-state index contributed by atoms with van der Waals surface area (Å²) in [5.41, 5.74) is 13.0. The molecule has 4 N–H and O–H groups in total. The lowest BCUT2D eigenvalue weighted by molar-refractivity contribution is -0.104. The molecule has 3 rings (SSSR count). The van der Waals surface area contributed by atoms with Gasteiger partial charge in [-0.2, -0.15) is 5.26 Å². The Labute approximate surface area is 184 Å². The van der Waals surface area contributed by atoms with E-state index in [1.165, 1.54) is 18.2 Å². The predicted molar refractivity (Wildman–Crippen MR) is 117 cm³/mol. The molecule has 2 aromatic rings. The second kappa shape index (κ2) is 9.96. The number of aldehydes is 1. The molecule has 1 atom stereocenters. The van der Waals surface area contributed by atoms with Crippen LogP contribution in [-0.2, 0) is 4.79 Å². The van der Waals surface area contributed by atoms with E-state index in [1.54, 1.807) is 29.2 Å². The van der Waals surface area contributed by atoms with Crippen LogP contribution in [0.25, 0.3) is 5.70 Å². The second-order valence-corrected chi connectivity index (χ2v) is 7.41. The highest BCUT2D eigenvalue weighted by Gasteiger charge is 2.20. The molecular weight excluding hydrogens is 421 g/mol. The number of halogens is 2. The first-order valence-corrected chi connectivity index (χ1v) is 9.95. The third-order valence-corrected chi connectivity index (χ3v) is 5.14. The van der Waals surface area contributed by atoms with E-state index in [0.29, 0.717) is 30.7 Å². The van der Waals surface area contributed by atoms with Crippen LogP contribution in [-0.4, -0.2) is 36.2 Å². The van der Waals surface area contributed by atoms with Crippen LogP contribution in [0.5, 0.6) is 11.5 Å². The van der Waals surface area contributed by atoms with Crippen molar-refractivity contribution in [3.63, 3.8) is 0 Å². The van der Waals surface area contributed by atoms with E-state index in [4.69, 9.17) is 33.1 Å². The molecule has 1 saturated heterocycles. The Kier molecular flexibility index (Phi) is 7.11. The van der Waals surface area contributed by atoms with E-state index >= 15 is 0 Å². The first-order chi connectivity index (χ1) is 14.9. The van der Waals surface area contributed by atoms with Gasteiger partial charge >= 0.3 is 0 Å². The molecule has 31 heavy (non-hydrogen) atoms. The smallest absolute Gasteiger partial charge is 0.179 e. The van der Waals surface area contributed by atoms with Crippen LogP contribution in [0.4, 0.5) is 4.39 Å². The summed E-state index contributed by atoms with van der Waals surface area (Å²) in [4.78, 5) is 17.7. The molecule has 1 heterocycles. The van der Waals surface area contributed by atoms with Crippen LogP contribution in [0.2, 0.25) is 5.02 Å². The lowest BCUT2D eigenvalue weighted by Crippen LogP contribution is -2.35. The van der Waals surface area contributed by atoms with Crippen molar-refractivity contribution < 1.29 is 13.9 Å². The van der Waals surface area contributed by atoms with Crippen LogP contribution in [0, 0.1) is 17.3 Å². The average Bonchev–Trinajstić information content (AvgIpc) is 2.77. The highest BCUT2D eigenvalue weighted by Crippen LogP contribution is 2.30. The Morgan fingerprint density at radius 1 is 1.29 bits per heavy atom. The lowest BCUT2D eigenvalue weighted by Gasteiger charge is -2.26. The van der Waals surface area contributed by atoms with Gasteiger partial charge in [-0.3, -0.25) is 9.79 Å². The molecule has 1 aliphatic heterocycles. The fourth-order valence-electron chi connectivity index (χ4n) is 3.22. The predicted octanol–water partition coefficient (Wildman–Crippen LogP) is 3.44. The molecule has 0 aromatic heterocycles. The lowest BCUT2D eigenvalue weighted by atomic mass is 10.0. The number of hydrogen-bond acceptors (Lipinski definition) is 6. The average molecular weight is 442 g/mol. The van der Waals surface area contributed by atoms with Gasteiger partial charge in [0.05, 0.1) is 28.9 Å². The molecular formula is C22H21ClFN5O2. The standard InChI is InChI=1S/C22H21ClFN5O2/c23-19-8-5-15(24)10-20(19)31-17-6-3-14(4-7-17)21(26)18(12-30)22(27)28-16-2-1-9-29(11-16)13-25/h3-8,10,12,16H,1-2,9,11,26H2,(H2,27,28). The van der Waals surface area contributed by atoms with Gasteiger partial charge in [0, 0.05) is 12.6 Å². The molecule has 1 fully saturated rings. The summed E-state index contributed by atoms with van der Waals surface area (Å²) < 4.78 is 19.0. The third kappa shape index (κ3) is 5.53. The molecule has 9 heteroatoms. The Balaban J connectivity index is 1.79. The number of carbonyl (C=O) groups is 1. The zero-order valence-corrected chi connectivity index (χ0v) is 17.3. The molecule has 0 amide bonds. The highest BCUT2D eigenvalue weighted by molar-refractivity contribution is 6.32. The number of nitriles is 1. The van der Waals surface area contributed by atoms with Crippen molar-refractivity contribution in [3.8, 4) is 17.7 Å². The molecule has 1 unspecified atom stereocenters. The van der Waals surface area contributed by atoms with Gasteiger partial charge in [-0.25, -0.2) is 4.39 Å². The number of likely N-dealkylation sites (tertiary alicyclic amines) is 1.